The van der Waals surface area contributed by atoms with Gasteiger partial charge < -0.3 is 9.88 Å². The molecule has 2 aromatic carbocycles. The molecule has 2 heterocycles. The Morgan fingerprint density at radius 3 is 2.56 bits per heavy atom. The van der Waals surface area contributed by atoms with Gasteiger partial charge in [0.2, 0.25) is 10.0 Å². The molecule has 0 saturated carbocycles. The smallest absolute Gasteiger partial charge is 0.214 e. The predicted molar refractivity (Wildman–Crippen MR) is 135 cm³/mol. The number of aromatic nitrogens is 2. The van der Waals surface area contributed by atoms with Crippen LogP contribution in [0, 0.1) is 0 Å². The summed E-state index contributed by atoms with van der Waals surface area (Å²) in [5, 5.41) is 0. The third-order valence-corrected chi connectivity index (χ3v) is 8.75. The van der Waals surface area contributed by atoms with E-state index in [0.717, 1.165) is 31.5 Å². The molecule has 6 nitrogen and oxygen atoms in total. The number of hydrogen-bond acceptors (Lipinski definition) is 4. The molecule has 1 N–H and O–H groups in total. The fourth-order valence-corrected chi connectivity index (χ4v) is 6.57. The number of nitrogens with one attached hydrogen (secondary N) is 1. The van der Waals surface area contributed by atoms with Crippen LogP contribution < -0.4 is 4.90 Å². The van der Waals surface area contributed by atoms with Gasteiger partial charge in [0.25, 0.3) is 0 Å². The van der Waals surface area contributed by atoms with Gasteiger partial charge in [0.15, 0.2) is 0 Å². The fraction of sp³-hybridized carbons (Fsp3) is 0.348. The van der Waals surface area contributed by atoms with Crippen molar-refractivity contribution in [3.05, 3.63) is 80.8 Å². The van der Waals surface area contributed by atoms with Crippen molar-refractivity contribution in [2.45, 2.75) is 38.9 Å². The molecule has 0 amide bonds. The van der Waals surface area contributed by atoms with Crippen LogP contribution in [0.3, 0.4) is 0 Å². The van der Waals surface area contributed by atoms with Gasteiger partial charge in [0.1, 0.15) is 0 Å². The first-order valence-corrected chi connectivity index (χ1v) is 13.8. The Bertz CT molecular complexity index is 1150. The Kier molecular flexibility index (Phi) is 7.39. The number of aromatic amines is 1. The van der Waals surface area contributed by atoms with E-state index in [4.69, 9.17) is 0 Å². The number of fused-ring (bicyclic) bond motifs is 1. The first-order valence-electron chi connectivity index (χ1n) is 10.6. The van der Waals surface area contributed by atoms with Gasteiger partial charge in [-0.15, -0.1) is 0 Å². The third-order valence-electron chi connectivity index (χ3n) is 5.66. The topological polar surface area (TPSA) is 69.3 Å². The number of sulfonamides is 1. The van der Waals surface area contributed by atoms with Crippen LogP contribution in [0.4, 0.5) is 5.69 Å². The summed E-state index contributed by atoms with van der Waals surface area (Å²) in [7, 11) is -3.41. The molecule has 0 fully saturated rings. The number of nitrogens with zero attached hydrogens (tertiary/aromatic N) is 3. The van der Waals surface area contributed by atoms with Crippen LogP contribution in [-0.2, 0) is 29.5 Å². The van der Waals surface area contributed by atoms with Gasteiger partial charge in [-0.1, -0.05) is 50.9 Å². The lowest BCUT2D eigenvalue weighted by molar-refractivity contribution is 0.317. The van der Waals surface area contributed by atoms with Crippen molar-refractivity contribution in [3.63, 3.8) is 0 Å². The Balaban J connectivity index is 1.76. The van der Waals surface area contributed by atoms with Crippen LogP contribution in [-0.4, -0.2) is 41.0 Å². The lowest BCUT2D eigenvalue weighted by atomic mass is 10.1. The van der Waals surface area contributed by atoms with Crippen molar-refractivity contribution in [3.8, 4) is 0 Å². The van der Waals surface area contributed by atoms with Crippen molar-refractivity contribution in [1.82, 2.24) is 14.3 Å². The van der Waals surface area contributed by atoms with Crippen LogP contribution in [0.25, 0.3) is 0 Å². The highest BCUT2D eigenvalue weighted by molar-refractivity contribution is 9.10. The first-order chi connectivity index (χ1) is 15.4. The standard InChI is InChI=1S/C23H26Br2N4O2S/c1-2-9-32(30,31)29-13-18-11-20(25)7-8-23(18)28(14-21-12-26-16-27-21)15-22(29)10-17-3-5-19(24)6-4-17/h3-8,11-12,16,22H,2,9-10,13-15H2,1H3,(H,26,27)/t22-/m1/s1. The first kappa shape index (κ1) is 23.5. The summed E-state index contributed by atoms with van der Waals surface area (Å²) >= 11 is 7.05. The Morgan fingerprint density at radius 2 is 1.88 bits per heavy atom. The normalized spacial score (nSPS) is 17.2. The molecule has 0 aliphatic carbocycles. The second-order valence-corrected chi connectivity index (χ2v) is 11.9. The minimum Gasteiger partial charge on any atom is -0.364 e. The Morgan fingerprint density at radius 1 is 1.12 bits per heavy atom. The lowest BCUT2D eigenvalue weighted by Gasteiger charge is -2.32. The van der Waals surface area contributed by atoms with Crippen molar-refractivity contribution in [2.75, 3.05) is 17.2 Å². The molecule has 0 spiro atoms. The molecular formula is C23H26Br2N4O2S. The number of anilines is 1. The Labute approximate surface area is 206 Å². The highest BCUT2D eigenvalue weighted by Gasteiger charge is 2.35. The Hall–Kier alpha value is -1.68. The molecular weight excluding hydrogens is 556 g/mol. The van der Waals surface area contributed by atoms with Crippen LogP contribution in [0.2, 0.25) is 0 Å². The maximum atomic E-state index is 13.4. The average molecular weight is 582 g/mol. The zero-order chi connectivity index (χ0) is 22.7. The number of benzene rings is 2. The summed E-state index contributed by atoms with van der Waals surface area (Å²) in [5.41, 5.74) is 4.08. The maximum Gasteiger partial charge on any atom is 0.214 e. The van der Waals surface area contributed by atoms with Gasteiger partial charge >= 0.3 is 0 Å². The molecule has 0 saturated heterocycles. The molecule has 3 aromatic rings. The molecule has 9 heteroatoms. The zero-order valence-electron chi connectivity index (χ0n) is 17.8. The average Bonchev–Trinajstić information content (AvgIpc) is 3.20. The summed E-state index contributed by atoms with van der Waals surface area (Å²) in [4.78, 5) is 9.67. The van der Waals surface area contributed by atoms with Crippen molar-refractivity contribution < 1.29 is 8.42 Å². The van der Waals surface area contributed by atoms with E-state index in [1.165, 1.54) is 0 Å². The predicted octanol–water partition coefficient (Wildman–Crippen LogP) is 5.11. The van der Waals surface area contributed by atoms with E-state index in [1.807, 2.05) is 37.4 Å². The van der Waals surface area contributed by atoms with Gasteiger partial charge in [-0.2, -0.15) is 4.31 Å². The van der Waals surface area contributed by atoms with Gasteiger partial charge in [0, 0.05) is 40.0 Å². The minimum absolute atomic E-state index is 0.145. The molecule has 4 rings (SSSR count). The highest BCUT2D eigenvalue weighted by atomic mass is 79.9. The summed E-state index contributed by atoms with van der Waals surface area (Å²) in [6.07, 6.45) is 4.79. The molecule has 170 valence electrons. The second-order valence-electron chi connectivity index (χ2n) is 8.06. The maximum absolute atomic E-state index is 13.4. The minimum atomic E-state index is -3.41. The number of hydrogen-bond donors (Lipinski definition) is 1. The fourth-order valence-electron chi connectivity index (χ4n) is 4.21. The van der Waals surface area contributed by atoms with E-state index in [9.17, 15) is 8.42 Å². The number of rotatable bonds is 7. The molecule has 1 aliphatic rings. The van der Waals surface area contributed by atoms with E-state index >= 15 is 0 Å². The van der Waals surface area contributed by atoms with Gasteiger partial charge in [-0.25, -0.2) is 13.4 Å². The van der Waals surface area contributed by atoms with E-state index in [0.29, 0.717) is 32.5 Å². The lowest BCUT2D eigenvalue weighted by Crippen LogP contribution is -2.46. The highest BCUT2D eigenvalue weighted by Crippen LogP contribution is 2.33. The van der Waals surface area contributed by atoms with E-state index in [2.05, 4.69) is 64.9 Å². The van der Waals surface area contributed by atoms with Gasteiger partial charge in [-0.05, 0) is 54.3 Å². The largest absolute Gasteiger partial charge is 0.364 e. The molecule has 0 unspecified atom stereocenters. The summed E-state index contributed by atoms with van der Waals surface area (Å²) in [6, 6.07) is 14.0. The van der Waals surface area contributed by atoms with Gasteiger partial charge in [0.05, 0.1) is 24.3 Å². The van der Waals surface area contributed by atoms with E-state index in [1.54, 1.807) is 10.6 Å². The monoisotopic (exact) mass is 580 g/mol. The molecule has 0 bridgehead atoms. The van der Waals surface area contributed by atoms with Crippen LogP contribution >= 0.6 is 31.9 Å². The van der Waals surface area contributed by atoms with Crippen LogP contribution in [0.5, 0.6) is 0 Å². The SMILES string of the molecule is CCCS(=O)(=O)N1Cc2cc(Br)ccc2N(Cc2c[nH]cn2)C[C@H]1Cc1ccc(Br)cc1. The number of imidazole rings is 1. The van der Waals surface area contributed by atoms with E-state index in [-0.39, 0.29) is 11.8 Å². The molecule has 0 radical (unpaired) electrons. The van der Waals surface area contributed by atoms with Crippen molar-refractivity contribution >= 4 is 47.6 Å². The molecule has 1 aliphatic heterocycles. The van der Waals surface area contributed by atoms with Crippen LogP contribution in [0.15, 0.2) is 63.9 Å². The third kappa shape index (κ3) is 5.44. The van der Waals surface area contributed by atoms with E-state index < -0.39 is 10.0 Å². The van der Waals surface area contributed by atoms with Crippen molar-refractivity contribution in [2.24, 2.45) is 0 Å². The summed E-state index contributed by atoms with van der Waals surface area (Å²) in [5.74, 6) is 0.145. The molecule has 1 atom stereocenters. The van der Waals surface area contributed by atoms with Crippen LogP contribution in [0.1, 0.15) is 30.2 Å². The summed E-state index contributed by atoms with van der Waals surface area (Å²) < 4.78 is 30.4. The number of H-pyrrole nitrogens is 1. The molecule has 32 heavy (non-hydrogen) atoms. The van der Waals surface area contributed by atoms with Gasteiger partial charge in [-0.3, -0.25) is 0 Å². The zero-order valence-corrected chi connectivity index (χ0v) is 21.8. The second kappa shape index (κ2) is 10.1. The molecule has 1 aromatic heterocycles. The quantitative estimate of drug-likeness (QED) is 0.421. The number of halogens is 2. The summed E-state index contributed by atoms with van der Waals surface area (Å²) in [6.45, 7) is 3.46. The van der Waals surface area contributed by atoms with Crippen molar-refractivity contribution in [1.29, 1.82) is 0 Å².